The zero-order valence-electron chi connectivity index (χ0n) is 16.6. The van der Waals surface area contributed by atoms with Gasteiger partial charge in [-0.3, -0.25) is 0 Å². The highest BCUT2D eigenvalue weighted by atomic mass is 35.5. The van der Waals surface area contributed by atoms with Gasteiger partial charge in [-0.15, -0.1) is 0 Å². The number of benzene rings is 2. The molecule has 0 spiro atoms. The molecule has 4 rings (SSSR count). The largest absolute Gasteiger partial charge is 0.379 e. The van der Waals surface area contributed by atoms with Crippen LogP contribution in [0.3, 0.4) is 0 Å². The van der Waals surface area contributed by atoms with Gasteiger partial charge < -0.3 is 9.67 Å². The van der Waals surface area contributed by atoms with Crippen molar-refractivity contribution < 1.29 is 9.50 Å². The molecule has 3 nitrogen and oxygen atoms in total. The van der Waals surface area contributed by atoms with Crippen molar-refractivity contribution >= 4 is 17.2 Å². The number of fused-ring (bicyclic) bond motifs is 1. The average molecular weight is 421 g/mol. The lowest BCUT2D eigenvalue weighted by molar-refractivity contribution is 0.0792. The van der Waals surface area contributed by atoms with E-state index in [0.29, 0.717) is 22.7 Å². The smallest absolute Gasteiger partial charge is 0.133 e. The van der Waals surface area contributed by atoms with Gasteiger partial charge in [0.2, 0.25) is 0 Å². The molecular weight excluding hydrogens is 399 g/mol. The lowest BCUT2D eigenvalue weighted by Crippen LogP contribution is -2.24. The van der Waals surface area contributed by atoms with Crippen LogP contribution in [0.1, 0.15) is 41.8 Å². The van der Waals surface area contributed by atoms with E-state index in [4.69, 9.17) is 11.6 Å². The Morgan fingerprint density at radius 2 is 2.07 bits per heavy atom. The molecule has 1 aromatic heterocycles. The van der Waals surface area contributed by atoms with Crippen LogP contribution in [0.5, 0.6) is 0 Å². The van der Waals surface area contributed by atoms with Crippen molar-refractivity contribution in [3.8, 4) is 0 Å². The van der Waals surface area contributed by atoms with Crippen LogP contribution in [0.25, 0.3) is 5.57 Å². The first kappa shape index (κ1) is 20.3. The summed E-state index contributed by atoms with van der Waals surface area (Å²) in [7, 11) is 0. The normalized spacial score (nSPS) is 21.2. The number of aromatic nitrogens is 2. The highest BCUT2D eigenvalue weighted by molar-refractivity contribution is 6.30. The highest BCUT2D eigenvalue weighted by Gasteiger charge is 2.45. The van der Waals surface area contributed by atoms with Crippen molar-refractivity contribution in [2.24, 2.45) is 0 Å². The SMILES string of the molecule is C=C/C(=C\C=C/C)c1ccc([C@@]2(O)C[C@H](c3ccc(Cl)cc3F)n3cncc32)cc1. The first-order valence-electron chi connectivity index (χ1n) is 9.74. The molecule has 0 bridgehead atoms. The lowest BCUT2D eigenvalue weighted by atomic mass is 9.86. The Labute approximate surface area is 180 Å². The van der Waals surface area contributed by atoms with Gasteiger partial charge in [-0.1, -0.05) is 72.8 Å². The summed E-state index contributed by atoms with van der Waals surface area (Å²) in [6, 6.07) is 12.0. The van der Waals surface area contributed by atoms with Crippen LogP contribution < -0.4 is 0 Å². The van der Waals surface area contributed by atoms with Gasteiger partial charge in [-0.25, -0.2) is 9.37 Å². The van der Waals surface area contributed by atoms with E-state index in [1.807, 2.05) is 54.0 Å². The summed E-state index contributed by atoms with van der Waals surface area (Å²) in [5.41, 5.74) is 2.58. The maximum absolute atomic E-state index is 14.6. The Kier molecular flexibility index (Phi) is 5.46. The molecule has 2 heterocycles. The van der Waals surface area contributed by atoms with Gasteiger partial charge in [0.15, 0.2) is 0 Å². The molecule has 0 aliphatic carbocycles. The molecule has 3 aromatic rings. The van der Waals surface area contributed by atoms with E-state index < -0.39 is 11.4 Å². The maximum Gasteiger partial charge on any atom is 0.133 e. The summed E-state index contributed by atoms with van der Waals surface area (Å²) in [4.78, 5) is 4.20. The van der Waals surface area contributed by atoms with Crippen LogP contribution in [0.4, 0.5) is 4.39 Å². The Balaban J connectivity index is 1.72. The van der Waals surface area contributed by atoms with Crippen molar-refractivity contribution in [1.29, 1.82) is 0 Å². The Morgan fingerprint density at radius 3 is 2.73 bits per heavy atom. The molecule has 0 amide bonds. The summed E-state index contributed by atoms with van der Waals surface area (Å²) in [5, 5.41) is 12.0. The van der Waals surface area contributed by atoms with Crippen LogP contribution in [-0.2, 0) is 5.60 Å². The number of allylic oxidation sites excluding steroid dienone is 5. The van der Waals surface area contributed by atoms with Crippen molar-refractivity contribution in [3.63, 3.8) is 0 Å². The van der Waals surface area contributed by atoms with Crippen LogP contribution in [-0.4, -0.2) is 14.7 Å². The zero-order valence-corrected chi connectivity index (χ0v) is 17.4. The summed E-state index contributed by atoms with van der Waals surface area (Å²) in [6.45, 7) is 5.83. The first-order valence-corrected chi connectivity index (χ1v) is 10.1. The summed E-state index contributed by atoms with van der Waals surface area (Å²) in [6.07, 6.45) is 11.3. The number of hydrogen-bond acceptors (Lipinski definition) is 2. The van der Waals surface area contributed by atoms with Crippen LogP contribution in [0.15, 0.2) is 85.9 Å². The Bertz CT molecular complexity index is 1150. The summed E-state index contributed by atoms with van der Waals surface area (Å²) in [5.74, 6) is -0.392. The standard InChI is InChI=1S/C25H22ClFN2O/c1-3-5-6-17(4-2)18-7-9-19(10-8-18)25(30)14-23(29-16-28-15-24(25)29)21-12-11-20(26)13-22(21)27/h3-13,15-16,23,30H,2,14H2,1H3/b5-3-,17-6+/t23-,25+/m1/s1. The molecule has 30 heavy (non-hydrogen) atoms. The molecule has 0 unspecified atom stereocenters. The topological polar surface area (TPSA) is 38.0 Å². The number of aliphatic hydroxyl groups is 1. The third kappa shape index (κ3) is 3.42. The number of imidazole rings is 1. The molecule has 152 valence electrons. The monoisotopic (exact) mass is 420 g/mol. The van der Waals surface area contributed by atoms with Crippen LogP contribution in [0.2, 0.25) is 5.02 Å². The van der Waals surface area contributed by atoms with E-state index in [-0.39, 0.29) is 6.04 Å². The van der Waals surface area contributed by atoms with E-state index in [9.17, 15) is 9.50 Å². The minimum absolute atomic E-state index is 0.311. The Morgan fingerprint density at radius 1 is 1.30 bits per heavy atom. The van der Waals surface area contributed by atoms with Gasteiger partial charge in [0, 0.05) is 17.0 Å². The zero-order chi connectivity index (χ0) is 21.3. The van der Waals surface area contributed by atoms with Gasteiger partial charge in [-0.05, 0) is 35.8 Å². The minimum Gasteiger partial charge on any atom is -0.379 e. The predicted molar refractivity (Wildman–Crippen MR) is 119 cm³/mol. The number of rotatable bonds is 5. The summed E-state index contributed by atoms with van der Waals surface area (Å²) >= 11 is 5.91. The third-order valence-corrected chi connectivity index (χ3v) is 5.85. The first-order chi connectivity index (χ1) is 14.5. The van der Waals surface area contributed by atoms with Crippen molar-refractivity contribution in [1.82, 2.24) is 9.55 Å². The summed E-state index contributed by atoms with van der Waals surface area (Å²) < 4.78 is 16.5. The number of hydrogen-bond donors (Lipinski definition) is 1. The molecule has 1 N–H and O–H groups in total. The molecule has 2 aromatic carbocycles. The second-order valence-corrected chi connectivity index (χ2v) is 7.80. The molecule has 0 fully saturated rings. The second-order valence-electron chi connectivity index (χ2n) is 7.36. The van der Waals surface area contributed by atoms with Crippen LogP contribution >= 0.6 is 11.6 Å². The molecule has 0 saturated heterocycles. The fourth-order valence-electron chi connectivity index (χ4n) is 4.07. The molecule has 5 heteroatoms. The fourth-order valence-corrected chi connectivity index (χ4v) is 4.23. The fraction of sp³-hybridized carbons (Fsp3) is 0.160. The van der Waals surface area contributed by atoms with E-state index in [2.05, 4.69) is 11.6 Å². The molecule has 2 atom stereocenters. The molecular formula is C25H22ClFN2O. The van der Waals surface area contributed by atoms with E-state index in [1.165, 1.54) is 6.07 Å². The quantitative estimate of drug-likeness (QED) is 0.510. The van der Waals surface area contributed by atoms with Gasteiger partial charge in [0.1, 0.15) is 11.4 Å². The third-order valence-electron chi connectivity index (χ3n) is 5.62. The van der Waals surface area contributed by atoms with Gasteiger partial charge in [0.05, 0.1) is 24.3 Å². The van der Waals surface area contributed by atoms with Crippen LogP contribution in [0, 0.1) is 5.82 Å². The van der Waals surface area contributed by atoms with Gasteiger partial charge >= 0.3 is 0 Å². The Hall–Kier alpha value is -2.95. The maximum atomic E-state index is 14.6. The van der Waals surface area contributed by atoms with E-state index in [0.717, 1.165) is 16.7 Å². The van der Waals surface area contributed by atoms with E-state index >= 15 is 0 Å². The molecule has 1 aliphatic rings. The molecule has 0 saturated carbocycles. The van der Waals surface area contributed by atoms with Gasteiger partial charge in [0.25, 0.3) is 0 Å². The van der Waals surface area contributed by atoms with Crippen molar-refractivity contribution in [3.05, 3.63) is 119 Å². The molecule has 0 radical (unpaired) electrons. The highest BCUT2D eigenvalue weighted by Crippen LogP contribution is 2.47. The average Bonchev–Trinajstić information content (AvgIpc) is 3.33. The van der Waals surface area contributed by atoms with Crippen molar-refractivity contribution in [2.75, 3.05) is 0 Å². The van der Waals surface area contributed by atoms with E-state index in [1.54, 1.807) is 30.7 Å². The van der Waals surface area contributed by atoms with Gasteiger partial charge in [-0.2, -0.15) is 0 Å². The van der Waals surface area contributed by atoms with Crippen molar-refractivity contribution in [2.45, 2.75) is 25.0 Å². The number of nitrogens with zero attached hydrogens (tertiary/aromatic N) is 2. The predicted octanol–water partition coefficient (Wildman–Crippen LogP) is 6.05. The second kappa shape index (κ2) is 8.05. The minimum atomic E-state index is -1.27. The molecule has 1 aliphatic heterocycles. The lowest BCUT2D eigenvalue weighted by Gasteiger charge is -2.23. The number of halogens is 2.